The van der Waals surface area contributed by atoms with Crippen LogP contribution in [-0.4, -0.2) is 11.8 Å². The molecule has 2 aliphatic heterocycles. The number of ketones is 1. The van der Waals surface area contributed by atoms with Gasteiger partial charge in [0, 0.05) is 29.8 Å². The average Bonchev–Trinajstić information content (AvgIpc) is 2.57. The van der Waals surface area contributed by atoms with Crippen LogP contribution in [0.3, 0.4) is 0 Å². The summed E-state index contributed by atoms with van der Waals surface area (Å²) in [6, 6.07) is 15.1. The topological polar surface area (TPSA) is 46.3 Å². The van der Waals surface area contributed by atoms with Crippen LogP contribution in [0.4, 0.5) is 11.4 Å². The van der Waals surface area contributed by atoms with Crippen molar-refractivity contribution < 1.29 is 4.79 Å². The third-order valence-corrected chi connectivity index (χ3v) is 5.78. The van der Waals surface area contributed by atoms with Gasteiger partial charge < -0.3 is 10.6 Å². The van der Waals surface area contributed by atoms with Gasteiger partial charge in [-0.1, -0.05) is 18.2 Å². The molecule has 2 aromatic rings. The molecule has 2 aromatic carbocycles. The summed E-state index contributed by atoms with van der Waals surface area (Å²) in [5.74, 6) is 0.497. The molecule has 3 fully saturated rings. The number of anilines is 2. The molecule has 24 heavy (non-hydrogen) atoms. The van der Waals surface area contributed by atoms with E-state index in [0.29, 0.717) is 18.2 Å². The zero-order valence-corrected chi connectivity index (χ0v) is 14.3. The van der Waals surface area contributed by atoms with E-state index in [1.807, 2.05) is 18.2 Å². The molecule has 2 bridgehead atoms. The molecule has 2 saturated heterocycles. The minimum absolute atomic E-state index is 0.0819. The highest BCUT2D eigenvalue weighted by molar-refractivity contribution is 5.86. The highest BCUT2D eigenvalue weighted by atomic mass is 16.1. The van der Waals surface area contributed by atoms with Gasteiger partial charge in [-0.25, -0.2) is 0 Å². The quantitative estimate of drug-likeness (QED) is 0.844. The number of nitrogen functional groups attached to an aromatic ring is 1. The number of carbonyl (C=O) groups is 1. The van der Waals surface area contributed by atoms with Gasteiger partial charge in [0.25, 0.3) is 0 Å². The van der Waals surface area contributed by atoms with E-state index in [9.17, 15) is 4.79 Å². The van der Waals surface area contributed by atoms with Crippen LogP contribution in [-0.2, 0) is 4.79 Å². The van der Waals surface area contributed by atoms with Crippen molar-refractivity contribution in [3.63, 3.8) is 0 Å². The lowest BCUT2D eigenvalue weighted by molar-refractivity contribution is -0.128. The summed E-state index contributed by atoms with van der Waals surface area (Å²) in [6.07, 6.45) is 2.77. The first-order valence-electron chi connectivity index (χ1n) is 8.78. The average molecular weight is 320 g/mol. The van der Waals surface area contributed by atoms with Crippen molar-refractivity contribution >= 4 is 17.2 Å². The zero-order valence-electron chi connectivity index (χ0n) is 14.3. The maximum Gasteiger partial charge on any atom is 0.140 e. The number of fused-ring (bicyclic) bond motifs is 3. The summed E-state index contributed by atoms with van der Waals surface area (Å²) in [7, 11) is 0. The lowest BCUT2D eigenvalue weighted by Crippen LogP contribution is -2.54. The maximum absolute atomic E-state index is 12.6. The zero-order chi connectivity index (χ0) is 16.8. The fraction of sp³-hybridized carbons (Fsp3) is 0.381. The van der Waals surface area contributed by atoms with E-state index in [1.54, 1.807) is 0 Å². The predicted octanol–water partition coefficient (Wildman–Crippen LogP) is 4.18. The van der Waals surface area contributed by atoms with Gasteiger partial charge in [0.2, 0.25) is 0 Å². The van der Waals surface area contributed by atoms with E-state index in [2.05, 4.69) is 43.0 Å². The molecule has 2 N–H and O–H groups in total. The van der Waals surface area contributed by atoms with E-state index < -0.39 is 0 Å². The number of hydrogen-bond acceptors (Lipinski definition) is 3. The molecule has 3 aliphatic rings. The molecular formula is C21H24N2O. The Kier molecular flexibility index (Phi) is 3.60. The molecule has 3 nitrogen and oxygen atoms in total. The molecular weight excluding hydrogens is 296 g/mol. The summed E-state index contributed by atoms with van der Waals surface area (Å²) in [5, 5.41) is 0. The third kappa shape index (κ3) is 2.39. The highest BCUT2D eigenvalue weighted by Crippen LogP contribution is 2.48. The van der Waals surface area contributed by atoms with Crippen LogP contribution >= 0.6 is 0 Å². The van der Waals surface area contributed by atoms with Gasteiger partial charge in [-0.2, -0.15) is 0 Å². The SMILES string of the molecule is Cc1ccc(N2C3CCC(C(=O)C3)C2c2cccc(N)c2)cc1C. The minimum Gasteiger partial charge on any atom is -0.399 e. The fourth-order valence-corrected chi connectivity index (χ4v) is 4.40. The predicted molar refractivity (Wildman–Crippen MR) is 98.1 cm³/mol. The molecule has 3 atom stereocenters. The molecule has 0 amide bonds. The van der Waals surface area contributed by atoms with Crippen molar-refractivity contribution in [1.29, 1.82) is 0 Å². The van der Waals surface area contributed by atoms with Gasteiger partial charge in [0.15, 0.2) is 0 Å². The van der Waals surface area contributed by atoms with Crippen LogP contribution in [0.2, 0.25) is 0 Å². The van der Waals surface area contributed by atoms with Gasteiger partial charge in [-0.3, -0.25) is 4.79 Å². The first kappa shape index (κ1) is 15.3. The Balaban J connectivity index is 1.82. The fourth-order valence-electron chi connectivity index (χ4n) is 4.40. The summed E-state index contributed by atoms with van der Waals surface area (Å²) in [6.45, 7) is 4.29. The van der Waals surface area contributed by atoms with E-state index in [-0.39, 0.29) is 12.0 Å². The van der Waals surface area contributed by atoms with Gasteiger partial charge in [-0.05, 0) is 67.6 Å². The van der Waals surface area contributed by atoms with Gasteiger partial charge >= 0.3 is 0 Å². The monoisotopic (exact) mass is 320 g/mol. The minimum atomic E-state index is 0.0819. The number of Topliss-reactive ketones (excluding diaryl/α,β-unsaturated/α-hetero) is 1. The standard InChI is InChI=1S/C21H24N2O/c1-13-6-7-17(10-14(13)2)23-18-8-9-19(20(24)12-18)21(23)15-4-3-5-16(22)11-15/h3-7,10-11,18-19,21H,8-9,12,22H2,1-2H3. The first-order valence-corrected chi connectivity index (χ1v) is 8.78. The second kappa shape index (κ2) is 5.66. The molecule has 1 saturated carbocycles. The highest BCUT2D eigenvalue weighted by Gasteiger charge is 2.47. The molecule has 0 aromatic heterocycles. The molecule has 0 radical (unpaired) electrons. The molecule has 2 heterocycles. The number of nitrogens with zero attached hydrogens (tertiary/aromatic N) is 1. The van der Waals surface area contributed by atoms with E-state index >= 15 is 0 Å². The van der Waals surface area contributed by atoms with Crippen LogP contribution < -0.4 is 10.6 Å². The molecule has 3 heteroatoms. The van der Waals surface area contributed by atoms with Crippen molar-refractivity contribution in [2.45, 2.75) is 45.2 Å². The third-order valence-electron chi connectivity index (χ3n) is 5.78. The Morgan fingerprint density at radius 3 is 2.58 bits per heavy atom. The number of carbonyl (C=O) groups excluding carboxylic acids is 1. The number of aryl methyl sites for hydroxylation is 2. The Labute approximate surface area is 143 Å². The van der Waals surface area contributed by atoms with E-state index in [0.717, 1.165) is 24.1 Å². The Hall–Kier alpha value is -2.29. The lowest BCUT2D eigenvalue weighted by Gasteiger charge is -2.52. The van der Waals surface area contributed by atoms with Crippen LogP contribution in [0, 0.1) is 19.8 Å². The number of nitrogens with two attached hydrogens (primary N) is 1. The van der Waals surface area contributed by atoms with Crippen molar-refractivity contribution in [1.82, 2.24) is 0 Å². The number of piperidine rings is 2. The van der Waals surface area contributed by atoms with Gasteiger partial charge in [0.1, 0.15) is 5.78 Å². The van der Waals surface area contributed by atoms with Crippen molar-refractivity contribution in [2.75, 3.05) is 10.6 Å². The smallest absolute Gasteiger partial charge is 0.140 e. The second-order valence-electron chi connectivity index (χ2n) is 7.30. The maximum atomic E-state index is 12.6. The lowest BCUT2D eigenvalue weighted by atomic mass is 9.71. The summed E-state index contributed by atoms with van der Waals surface area (Å²) < 4.78 is 0. The summed E-state index contributed by atoms with van der Waals surface area (Å²) in [5.41, 5.74) is 11.8. The van der Waals surface area contributed by atoms with Gasteiger partial charge in [0.05, 0.1) is 6.04 Å². The number of benzene rings is 2. The Morgan fingerprint density at radius 2 is 1.88 bits per heavy atom. The molecule has 5 rings (SSSR count). The number of hydrogen-bond donors (Lipinski definition) is 1. The van der Waals surface area contributed by atoms with E-state index in [1.165, 1.54) is 16.8 Å². The molecule has 3 unspecified atom stereocenters. The number of rotatable bonds is 2. The van der Waals surface area contributed by atoms with Crippen molar-refractivity contribution in [3.8, 4) is 0 Å². The van der Waals surface area contributed by atoms with Crippen LogP contribution in [0.15, 0.2) is 42.5 Å². The van der Waals surface area contributed by atoms with Crippen molar-refractivity contribution in [3.05, 3.63) is 59.2 Å². The molecule has 124 valence electrons. The molecule has 0 spiro atoms. The largest absolute Gasteiger partial charge is 0.399 e. The van der Waals surface area contributed by atoms with Crippen LogP contribution in [0.5, 0.6) is 0 Å². The second-order valence-corrected chi connectivity index (χ2v) is 7.30. The summed E-state index contributed by atoms with van der Waals surface area (Å²) in [4.78, 5) is 15.0. The van der Waals surface area contributed by atoms with Crippen molar-refractivity contribution in [2.24, 2.45) is 5.92 Å². The Morgan fingerprint density at radius 1 is 1.04 bits per heavy atom. The van der Waals surface area contributed by atoms with E-state index in [4.69, 9.17) is 5.73 Å². The van der Waals surface area contributed by atoms with Crippen LogP contribution in [0.25, 0.3) is 0 Å². The van der Waals surface area contributed by atoms with Gasteiger partial charge in [-0.15, -0.1) is 0 Å². The summed E-state index contributed by atoms with van der Waals surface area (Å²) >= 11 is 0. The molecule has 1 aliphatic carbocycles. The first-order chi connectivity index (χ1) is 11.5. The normalized spacial score (nSPS) is 26.0. The Bertz CT molecular complexity index is 798. The van der Waals surface area contributed by atoms with Crippen LogP contribution in [0.1, 0.15) is 42.0 Å².